The normalized spacial score (nSPS) is 15.5. The number of hydrogen-bond donors (Lipinski definition) is 8. The van der Waals surface area contributed by atoms with Crippen LogP contribution in [0.4, 0.5) is 22.7 Å². The van der Waals surface area contributed by atoms with E-state index in [-0.39, 0.29) is 117 Å². The van der Waals surface area contributed by atoms with Crippen molar-refractivity contribution >= 4 is 144 Å². The lowest BCUT2D eigenvalue weighted by Gasteiger charge is -2.13. The lowest BCUT2D eigenvalue weighted by molar-refractivity contribution is -0.120. The SMILES string of the molecule is C=C(Cc1cc(NC(=O)C2CC2)cc(-n2ccc(Cn3c(=O)n(C)c(=O)c4c3nc(S(C)(=O)=O)n4C)c2)c1)C1CC1.Cn1c(=O)[nH]c2nc(S(C)(=O)=O)n(C)c2c1=O.O=C(Cc1cc(I)cc(NC(=O)C2CC2)c1)C1CC1.O=C(Cc1cc(NC(=O)C2CC2)cc(-n2ccc(CBr)c2)c1)C1CC1.O=C(Cc1cc(NC(=O)C2CC2)cc(-n2ccc(CO)c2)c1)C1CC1.OCc1cc[nH]c1. The number of benzene rings is 4. The third kappa shape index (κ3) is 25.1. The number of amides is 4. The Morgan fingerprint density at radius 1 is 0.448 bits per heavy atom. The fourth-order valence-corrected chi connectivity index (χ4v) is 18.3. The molecule has 0 unspecified atom stereocenters. The van der Waals surface area contributed by atoms with E-state index in [1.807, 2.05) is 130 Å². The van der Waals surface area contributed by atoms with Crippen molar-refractivity contribution in [3.8, 4) is 17.1 Å². The molecule has 0 radical (unpaired) electrons. The lowest BCUT2D eigenvalue weighted by Crippen LogP contribution is -2.38. The zero-order chi connectivity index (χ0) is 95.5. The summed E-state index contributed by atoms with van der Waals surface area (Å²) in [5, 5.41) is 29.9. The number of aryl methyl sites for hydroxylation is 2. The van der Waals surface area contributed by atoms with E-state index in [9.17, 15) is 74.7 Å². The fraction of sp³-hybridized carbons (Fsp3) is 0.392. The first kappa shape index (κ1) is 96.5. The summed E-state index contributed by atoms with van der Waals surface area (Å²) in [6, 6.07) is 31.2. The number of aromatic nitrogens is 12. The Morgan fingerprint density at radius 3 is 1.20 bits per heavy atom. The molecule has 8 heterocycles. The van der Waals surface area contributed by atoms with Crippen molar-refractivity contribution in [1.29, 1.82) is 0 Å². The third-order valence-corrected chi connectivity index (χ3v) is 27.6. The second-order valence-corrected chi connectivity index (χ2v) is 41.9. The predicted molar refractivity (Wildman–Crippen MR) is 519 cm³/mol. The maximum absolute atomic E-state index is 13.1. The van der Waals surface area contributed by atoms with Crippen molar-refractivity contribution < 1.29 is 60.6 Å². The number of fused-ring (bicyclic) bond motifs is 2. The highest BCUT2D eigenvalue weighted by Gasteiger charge is 2.36. The molecular formula is C97H108BrIN16O17S2. The predicted octanol–water partition coefficient (Wildman–Crippen LogP) is 11.6. The molecule has 8 aliphatic rings. The first-order chi connectivity index (χ1) is 63.9. The summed E-state index contributed by atoms with van der Waals surface area (Å²) in [5.74, 6) is 3.11. The molecule has 20 rings (SSSR count). The molecule has 134 heavy (non-hydrogen) atoms. The zero-order valence-electron chi connectivity index (χ0n) is 75.2. The van der Waals surface area contributed by atoms with E-state index in [1.165, 1.54) is 61.3 Å². The van der Waals surface area contributed by atoms with E-state index in [2.05, 4.69) is 105 Å². The van der Waals surface area contributed by atoms with Gasteiger partial charge in [-0.3, -0.25) is 61.8 Å². The van der Waals surface area contributed by atoms with Crippen LogP contribution in [-0.2, 0) is 132 Å². The molecule has 0 atom stereocenters. The number of imidazole rings is 2. The number of nitrogens with zero attached hydrogens (tertiary/aromatic N) is 10. The van der Waals surface area contributed by atoms with Gasteiger partial charge in [-0.2, -0.15) is 9.97 Å². The van der Waals surface area contributed by atoms with Crippen LogP contribution in [0, 0.1) is 50.9 Å². The summed E-state index contributed by atoms with van der Waals surface area (Å²) in [5.41, 5.74) is 12.2. The van der Waals surface area contributed by atoms with E-state index < -0.39 is 42.2 Å². The minimum absolute atomic E-state index is 0.0134. The molecule has 0 bridgehead atoms. The van der Waals surface area contributed by atoms with Gasteiger partial charge in [0, 0.05) is 200 Å². The summed E-state index contributed by atoms with van der Waals surface area (Å²) < 4.78 is 59.8. The molecule has 0 aliphatic heterocycles. The monoisotopic (exact) mass is 2040 g/mol. The number of rotatable bonds is 30. The van der Waals surface area contributed by atoms with E-state index in [0.29, 0.717) is 42.7 Å². The summed E-state index contributed by atoms with van der Waals surface area (Å²) >= 11 is 5.70. The van der Waals surface area contributed by atoms with Gasteiger partial charge in [0.2, 0.25) is 53.6 Å². The number of carbonyl (C=O) groups is 7. The zero-order valence-corrected chi connectivity index (χ0v) is 80.6. The van der Waals surface area contributed by atoms with Crippen molar-refractivity contribution in [2.75, 3.05) is 33.8 Å². The van der Waals surface area contributed by atoms with Crippen LogP contribution < -0.4 is 43.8 Å². The number of sulfone groups is 2. The number of carbonyl (C=O) groups excluding carboxylic acids is 7. The molecule has 4 aromatic carbocycles. The highest BCUT2D eigenvalue weighted by molar-refractivity contribution is 14.1. The third-order valence-electron chi connectivity index (χ3n) is 24.3. The molecule has 704 valence electrons. The van der Waals surface area contributed by atoms with Crippen LogP contribution in [0.25, 0.3) is 39.4 Å². The van der Waals surface area contributed by atoms with Crippen LogP contribution >= 0.6 is 38.5 Å². The van der Waals surface area contributed by atoms with Crippen LogP contribution in [0.1, 0.15) is 147 Å². The van der Waals surface area contributed by atoms with Gasteiger partial charge < -0.3 is 59.3 Å². The molecule has 12 aromatic rings. The number of anilines is 4. The number of aliphatic hydroxyl groups excluding tert-OH is 2. The molecular weight excluding hydrogens is 1930 g/mol. The maximum Gasteiger partial charge on any atom is 0.332 e. The molecule has 33 nitrogen and oxygen atoms in total. The van der Waals surface area contributed by atoms with Gasteiger partial charge in [0.15, 0.2) is 22.3 Å². The second kappa shape index (κ2) is 41.0. The van der Waals surface area contributed by atoms with E-state index >= 15 is 0 Å². The summed E-state index contributed by atoms with van der Waals surface area (Å²) in [7, 11) is -1.78. The first-order valence-corrected chi connectivity index (χ1v) is 50.7. The number of aliphatic hydroxyl groups is 2. The Hall–Kier alpha value is -12.0. The highest BCUT2D eigenvalue weighted by Crippen LogP contribution is 2.40. The Morgan fingerprint density at radius 2 is 0.821 bits per heavy atom. The molecule has 37 heteroatoms. The topological polar surface area (TPSA) is 441 Å². The molecule has 4 amide bonds. The summed E-state index contributed by atoms with van der Waals surface area (Å²) in [6.45, 7) is 4.45. The van der Waals surface area contributed by atoms with Gasteiger partial charge in [-0.1, -0.05) is 28.1 Å². The van der Waals surface area contributed by atoms with Gasteiger partial charge in [-0.25, -0.2) is 26.4 Å². The van der Waals surface area contributed by atoms with E-state index in [4.69, 9.17) is 5.11 Å². The molecule has 8 fully saturated rings. The average Bonchev–Trinajstić information content (AvgIpc) is 1.59. The number of ketones is 3. The molecule has 8 aromatic heterocycles. The average molecular weight is 2040 g/mol. The lowest BCUT2D eigenvalue weighted by atomic mass is 10.0. The molecule has 0 spiro atoms. The Labute approximate surface area is 794 Å². The number of Topliss-reactive ketones (excluding diaryl/α,β-unsaturated/α-hetero) is 3. The van der Waals surface area contributed by atoms with Gasteiger partial charge >= 0.3 is 11.4 Å². The van der Waals surface area contributed by atoms with Crippen LogP contribution in [0.2, 0.25) is 0 Å². The quantitative estimate of drug-likeness (QED) is 0.0118. The molecule has 8 aliphatic carbocycles. The smallest absolute Gasteiger partial charge is 0.332 e. The Balaban J connectivity index is 0.000000129. The summed E-state index contributed by atoms with van der Waals surface area (Å²) in [4.78, 5) is 147. The number of hydrogen-bond acceptors (Lipinski definition) is 19. The second-order valence-electron chi connectivity index (χ2n) is 36.2. The van der Waals surface area contributed by atoms with E-state index in [1.54, 1.807) is 12.4 Å². The molecule has 8 N–H and O–H groups in total. The molecule has 8 saturated carbocycles. The Kier molecular flexibility index (Phi) is 29.6. The van der Waals surface area contributed by atoms with Crippen LogP contribution in [0.5, 0.6) is 0 Å². The van der Waals surface area contributed by atoms with Crippen molar-refractivity contribution in [1.82, 2.24) is 56.5 Å². The van der Waals surface area contributed by atoms with E-state index in [0.717, 1.165) is 210 Å². The van der Waals surface area contributed by atoms with Gasteiger partial charge in [-0.05, 0) is 279 Å². The van der Waals surface area contributed by atoms with Crippen molar-refractivity contribution in [3.05, 3.63) is 249 Å². The fourth-order valence-electron chi connectivity index (χ4n) is 15.5. The molecule has 0 saturated heterocycles. The number of alkyl halides is 1. The standard InChI is InChI=1S/C29H32N6O5S.C20H21BrN2O2.C20H22N2O3.C15H16INO2.C8H10N4O4S.C5H7NO/c1-17(20-5-6-20)11-19-12-22(30-26(36)21-7-8-21)14-23(13-19)34-10-9-18(15-34)16-35-25-24(27(37)33(3)29(35)38)32(2)28(31-25)41(4,39)40;21-11-13-5-6-23(12-13)18-8-14(9-19(24)15-1-2-15)7-17(10-18)22-20(25)16-3-4-16;23-12-13-5-6-22(11-13)18-8-14(9-19(24)15-1-2-15)7-17(10-18)21-20(25)16-3-4-16;16-12-5-9(7-14(18)10-1-2-10)6-13(8-12)17-15(19)11-3-4-11;1-11-4-5(10-8(11)17(3,15)16)9-7(14)12(2)6(4)13;7-4-5-1-2-6-3-5/h9-10,12-15,20-21H,1,5-8,11,16H2,2-4H3,(H,30,36);5-8,10,12,15-16H,1-4,9,11H2,(H,22,25);5-8,10-11,15-16,23H,1-4,9,12H2,(H,21,25);5-6,8,10-11H,1-4,7H2,(H,17,19);1-3H3,(H,9,14);1-3,6-7H,4H2. The van der Waals surface area contributed by atoms with Crippen LogP contribution in [0.3, 0.4) is 0 Å². The van der Waals surface area contributed by atoms with Crippen molar-refractivity contribution in [3.63, 3.8) is 0 Å². The van der Waals surface area contributed by atoms with Gasteiger partial charge in [0.25, 0.3) is 11.1 Å². The minimum atomic E-state index is -3.74. The maximum atomic E-state index is 13.1. The largest absolute Gasteiger partial charge is 0.392 e. The highest BCUT2D eigenvalue weighted by atomic mass is 127. The number of H-pyrrole nitrogens is 2. The van der Waals surface area contributed by atoms with Crippen LogP contribution in [0.15, 0.2) is 188 Å². The van der Waals surface area contributed by atoms with Gasteiger partial charge in [0.05, 0.1) is 19.8 Å². The summed E-state index contributed by atoms with van der Waals surface area (Å²) in [6.07, 6.45) is 35.3. The van der Waals surface area contributed by atoms with Gasteiger partial charge in [-0.15, -0.1) is 0 Å². The minimum Gasteiger partial charge on any atom is -0.392 e. The number of nitrogens with one attached hydrogen (secondary N) is 6. The Bertz CT molecular complexity index is 6760. The van der Waals surface area contributed by atoms with Gasteiger partial charge in [0.1, 0.15) is 17.3 Å². The van der Waals surface area contributed by atoms with Crippen molar-refractivity contribution in [2.45, 2.75) is 164 Å². The van der Waals surface area contributed by atoms with Crippen molar-refractivity contribution in [2.24, 2.45) is 75.5 Å². The number of allylic oxidation sites excluding steroid dienone is 1. The number of aromatic amines is 2. The number of halogens is 2. The first-order valence-electron chi connectivity index (χ1n) is 44.8. The van der Waals surface area contributed by atoms with Crippen LogP contribution in [-0.4, -0.2) is 137 Å².